The lowest BCUT2D eigenvalue weighted by atomic mass is 10.1. The third-order valence-corrected chi connectivity index (χ3v) is 4.20. The van der Waals surface area contributed by atoms with Gasteiger partial charge < -0.3 is 20.2 Å². The van der Waals surface area contributed by atoms with Gasteiger partial charge in [-0.15, -0.1) is 0 Å². The second-order valence-electron chi connectivity index (χ2n) is 5.48. The summed E-state index contributed by atoms with van der Waals surface area (Å²) in [6.07, 6.45) is 1.62. The Morgan fingerprint density at radius 3 is 2.70 bits per heavy atom. The van der Waals surface area contributed by atoms with Crippen LogP contribution in [0, 0.1) is 5.41 Å². The molecule has 1 aliphatic carbocycles. The summed E-state index contributed by atoms with van der Waals surface area (Å²) in [7, 11) is 2.00. The fourth-order valence-electron chi connectivity index (χ4n) is 2.62. The highest BCUT2D eigenvalue weighted by molar-refractivity contribution is 7.78. The molecule has 20 heavy (non-hydrogen) atoms. The molecule has 1 aliphatic heterocycles. The molecule has 1 atom stereocenters. The van der Waals surface area contributed by atoms with Crippen LogP contribution in [0.1, 0.15) is 26.7 Å². The molecule has 0 amide bonds. The van der Waals surface area contributed by atoms with E-state index in [1.54, 1.807) is 5.49 Å². The van der Waals surface area contributed by atoms with Crippen molar-refractivity contribution in [3.05, 3.63) is 0 Å². The Bertz CT molecular complexity index is 334. The van der Waals surface area contributed by atoms with E-state index in [9.17, 15) is 9.90 Å². The Morgan fingerprint density at radius 1 is 1.55 bits per heavy atom. The van der Waals surface area contributed by atoms with Crippen LogP contribution in [-0.4, -0.2) is 72.2 Å². The molecular formula is C14H27N3O2S. The third kappa shape index (κ3) is 4.40. The smallest absolute Gasteiger partial charge is 0.310 e. The lowest BCUT2D eigenvalue weighted by Crippen LogP contribution is -2.55. The molecule has 0 aromatic heterocycles. The lowest BCUT2D eigenvalue weighted by Gasteiger charge is -2.37. The first-order chi connectivity index (χ1) is 9.57. The van der Waals surface area contributed by atoms with Crippen molar-refractivity contribution < 1.29 is 9.90 Å². The van der Waals surface area contributed by atoms with E-state index in [2.05, 4.69) is 15.1 Å². The summed E-state index contributed by atoms with van der Waals surface area (Å²) in [4.78, 5) is 15.5. The number of carbonyl (C=O) groups is 1. The number of rotatable bonds is 6. The minimum absolute atomic E-state index is 0.353. The van der Waals surface area contributed by atoms with Gasteiger partial charge in [0.15, 0.2) is 0 Å². The van der Waals surface area contributed by atoms with Gasteiger partial charge in [-0.3, -0.25) is 4.79 Å². The van der Waals surface area contributed by atoms with Crippen molar-refractivity contribution >= 4 is 23.7 Å². The van der Waals surface area contributed by atoms with Gasteiger partial charge in [-0.1, -0.05) is 26.1 Å². The molecule has 2 N–H and O–H groups in total. The van der Waals surface area contributed by atoms with Gasteiger partial charge in [0, 0.05) is 32.7 Å². The predicted octanol–water partition coefficient (Wildman–Crippen LogP) is 1.04. The quantitative estimate of drug-likeness (QED) is 0.715. The molecule has 2 rings (SSSR count). The Hall–Kier alpha value is -0.720. The molecule has 1 saturated heterocycles. The van der Waals surface area contributed by atoms with E-state index in [0.29, 0.717) is 12.6 Å². The highest BCUT2D eigenvalue weighted by atomic mass is 32.1. The maximum Gasteiger partial charge on any atom is 0.310 e. The molecule has 0 bridgehead atoms. The molecule has 2 fully saturated rings. The van der Waals surface area contributed by atoms with Gasteiger partial charge in [-0.2, -0.15) is 0 Å². The van der Waals surface area contributed by atoms with Gasteiger partial charge in [0.2, 0.25) is 0 Å². The number of piperazine rings is 1. The zero-order valence-electron chi connectivity index (χ0n) is 12.8. The van der Waals surface area contributed by atoms with Crippen molar-refractivity contribution in [3.63, 3.8) is 0 Å². The zero-order chi connectivity index (χ0) is 15.2. The Balaban J connectivity index is 0.000000956. The number of carboxylic acids is 1. The van der Waals surface area contributed by atoms with Crippen LogP contribution < -0.4 is 5.32 Å². The van der Waals surface area contributed by atoms with E-state index < -0.39 is 11.4 Å². The Morgan fingerprint density at radius 2 is 2.20 bits per heavy atom. The molecule has 0 aromatic rings. The summed E-state index contributed by atoms with van der Waals surface area (Å²) in [5.41, 5.74) is 1.25. The number of hydrogen-bond acceptors (Lipinski definition) is 4. The fourth-order valence-corrected chi connectivity index (χ4v) is 2.89. The fraction of sp³-hybridized carbons (Fsp3) is 0.857. The zero-order valence-corrected chi connectivity index (χ0v) is 13.6. The van der Waals surface area contributed by atoms with E-state index in [1.165, 1.54) is 0 Å². The molecule has 0 spiro atoms. The minimum Gasteiger partial charge on any atom is -0.481 e. The Labute approximate surface area is 127 Å². The second kappa shape index (κ2) is 7.90. The SMILES string of the molecule is CC.CN(CC1CNCCN1C=S)CC1(C(=O)O)CC1. The molecule has 6 heteroatoms. The van der Waals surface area contributed by atoms with Crippen LogP contribution in [0.3, 0.4) is 0 Å². The van der Waals surface area contributed by atoms with E-state index in [4.69, 9.17) is 12.2 Å². The van der Waals surface area contributed by atoms with Gasteiger partial charge in [0.25, 0.3) is 0 Å². The third-order valence-electron chi connectivity index (χ3n) is 3.93. The summed E-state index contributed by atoms with van der Waals surface area (Å²) in [5, 5.41) is 12.5. The standard InChI is InChI=1S/C12H21N3O2S.C2H6/c1-14(8-12(2-3-12)11(16)17)7-10-6-13-4-5-15(10)9-18;1-2/h9-10,13H,2-8H2,1H3,(H,16,17);1-2H3. The number of carboxylic acid groups (broad SMARTS) is 1. The number of nitrogens with one attached hydrogen (secondary N) is 1. The molecule has 2 aliphatic rings. The summed E-state index contributed by atoms with van der Waals surface area (Å²) in [6.45, 7) is 8.31. The van der Waals surface area contributed by atoms with Gasteiger partial charge in [-0.25, -0.2) is 0 Å². The number of nitrogens with zero attached hydrogens (tertiary/aromatic N) is 2. The first-order valence-corrected chi connectivity index (χ1v) is 7.88. The first-order valence-electron chi connectivity index (χ1n) is 7.41. The van der Waals surface area contributed by atoms with E-state index in [-0.39, 0.29) is 0 Å². The topological polar surface area (TPSA) is 55.8 Å². The summed E-state index contributed by atoms with van der Waals surface area (Å²) in [5.74, 6) is -0.650. The van der Waals surface area contributed by atoms with Crippen molar-refractivity contribution in [2.45, 2.75) is 32.7 Å². The van der Waals surface area contributed by atoms with Gasteiger partial charge in [0.05, 0.1) is 16.9 Å². The van der Waals surface area contributed by atoms with E-state index in [1.807, 2.05) is 20.9 Å². The van der Waals surface area contributed by atoms with Crippen LogP contribution in [0.2, 0.25) is 0 Å². The monoisotopic (exact) mass is 301 g/mol. The summed E-state index contributed by atoms with van der Waals surface area (Å²) < 4.78 is 0. The highest BCUT2D eigenvalue weighted by Crippen LogP contribution is 2.46. The van der Waals surface area contributed by atoms with Crippen molar-refractivity contribution in [1.82, 2.24) is 15.1 Å². The van der Waals surface area contributed by atoms with Crippen molar-refractivity contribution in [2.75, 3.05) is 39.8 Å². The number of likely N-dealkylation sites (N-methyl/N-ethyl adjacent to an activating group) is 1. The second-order valence-corrected chi connectivity index (χ2v) is 5.69. The minimum atomic E-state index is -0.650. The summed E-state index contributed by atoms with van der Waals surface area (Å²) in [6, 6.07) is 0.353. The van der Waals surface area contributed by atoms with Crippen LogP contribution in [0.15, 0.2) is 0 Å². The average Bonchev–Trinajstić information content (AvgIpc) is 3.22. The van der Waals surface area contributed by atoms with Gasteiger partial charge in [0.1, 0.15) is 0 Å². The van der Waals surface area contributed by atoms with E-state index >= 15 is 0 Å². The Kier molecular flexibility index (Phi) is 6.85. The number of hydrogen-bond donors (Lipinski definition) is 2. The molecule has 1 saturated carbocycles. The first kappa shape index (κ1) is 17.3. The van der Waals surface area contributed by atoms with Crippen molar-refractivity contribution in [2.24, 2.45) is 5.41 Å². The number of thiocarbonyl (C=S) groups is 1. The normalized spacial score (nSPS) is 23.8. The van der Waals surface area contributed by atoms with E-state index in [0.717, 1.165) is 39.0 Å². The van der Waals surface area contributed by atoms with Gasteiger partial charge in [-0.05, 0) is 19.9 Å². The highest BCUT2D eigenvalue weighted by Gasteiger charge is 2.50. The maximum atomic E-state index is 11.2. The van der Waals surface area contributed by atoms with Gasteiger partial charge >= 0.3 is 5.97 Å². The largest absolute Gasteiger partial charge is 0.481 e. The van der Waals surface area contributed by atoms with Crippen LogP contribution in [0.4, 0.5) is 0 Å². The average molecular weight is 301 g/mol. The van der Waals surface area contributed by atoms with Crippen LogP contribution >= 0.6 is 12.2 Å². The molecule has 5 nitrogen and oxygen atoms in total. The molecule has 0 radical (unpaired) electrons. The molecule has 1 heterocycles. The van der Waals surface area contributed by atoms with Crippen LogP contribution in [0.5, 0.6) is 0 Å². The molecule has 116 valence electrons. The lowest BCUT2D eigenvalue weighted by molar-refractivity contribution is -0.144. The van der Waals surface area contributed by atoms with Crippen molar-refractivity contribution in [1.29, 1.82) is 0 Å². The van der Waals surface area contributed by atoms with Crippen LogP contribution in [-0.2, 0) is 4.79 Å². The predicted molar refractivity (Wildman–Crippen MR) is 85.2 cm³/mol. The molecular weight excluding hydrogens is 274 g/mol. The van der Waals surface area contributed by atoms with Crippen molar-refractivity contribution in [3.8, 4) is 0 Å². The molecule has 0 aromatic carbocycles. The van der Waals surface area contributed by atoms with Crippen LogP contribution in [0.25, 0.3) is 0 Å². The molecule has 1 unspecified atom stereocenters. The number of aliphatic carboxylic acids is 1. The maximum absolute atomic E-state index is 11.2. The summed E-state index contributed by atoms with van der Waals surface area (Å²) >= 11 is 5.03.